The van der Waals surface area contributed by atoms with E-state index < -0.39 is 0 Å². The summed E-state index contributed by atoms with van der Waals surface area (Å²) in [7, 11) is 0. The molecule has 2 N–H and O–H groups in total. The molecule has 3 atom stereocenters. The highest BCUT2D eigenvalue weighted by molar-refractivity contribution is 4.80. The average Bonchev–Trinajstić information content (AvgIpc) is 2.13. The molecule has 0 aliphatic carbocycles. The van der Waals surface area contributed by atoms with Gasteiger partial charge in [0.15, 0.2) is 0 Å². The second kappa shape index (κ2) is 6.46. The van der Waals surface area contributed by atoms with E-state index in [1.807, 2.05) is 0 Å². The monoisotopic (exact) mass is 215 g/mol. The van der Waals surface area contributed by atoms with Crippen LogP contribution in [0, 0.1) is 0 Å². The molecular formula is C12H25NO2. The minimum absolute atomic E-state index is 0.298. The van der Waals surface area contributed by atoms with Crippen LogP contribution in [-0.4, -0.2) is 36.0 Å². The van der Waals surface area contributed by atoms with Crippen LogP contribution in [0.1, 0.15) is 46.5 Å². The summed E-state index contributed by atoms with van der Waals surface area (Å²) in [6.45, 7) is 6.78. The van der Waals surface area contributed by atoms with Gasteiger partial charge >= 0.3 is 0 Å². The smallest absolute Gasteiger partial charge is 0.0565 e. The molecule has 0 saturated carbocycles. The summed E-state index contributed by atoms with van der Waals surface area (Å²) < 4.78 is 5.70. The van der Waals surface area contributed by atoms with Crippen LogP contribution in [0.5, 0.6) is 0 Å². The zero-order chi connectivity index (χ0) is 11.3. The molecule has 0 unspecified atom stereocenters. The summed E-state index contributed by atoms with van der Waals surface area (Å²) >= 11 is 0. The Kier molecular flexibility index (Phi) is 5.58. The van der Waals surface area contributed by atoms with Crippen molar-refractivity contribution in [2.24, 2.45) is 0 Å². The van der Waals surface area contributed by atoms with Crippen LogP contribution in [0.3, 0.4) is 0 Å². The molecule has 1 fully saturated rings. The zero-order valence-corrected chi connectivity index (χ0v) is 10.2. The molecule has 90 valence electrons. The fourth-order valence-corrected chi connectivity index (χ4v) is 2.42. The fourth-order valence-electron chi connectivity index (χ4n) is 2.42. The van der Waals surface area contributed by atoms with E-state index in [1.165, 1.54) is 0 Å². The van der Waals surface area contributed by atoms with Gasteiger partial charge in [-0.15, -0.1) is 0 Å². The summed E-state index contributed by atoms with van der Waals surface area (Å²) in [5, 5.41) is 12.4. The number of aliphatic hydroxyl groups is 1. The third kappa shape index (κ3) is 4.96. The predicted octanol–water partition coefficient (Wildman–Crippen LogP) is 1.69. The number of nitrogens with one attached hydrogen (secondary N) is 1. The van der Waals surface area contributed by atoms with Crippen molar-refractivity contribution in [3.05, 3.63) is 0 Å². The van der Waals surface area contributed by atoms with Crippen LogP contribution in [0.2, 0.25) is 0 Å². The lowest BCUT2D eigenvalue weighted by atomic mass is 9.98. The minimum atomic E-state index is 0.298. The molecule has 3 nitrogen and oxygen atoms in total. The second-order valence-corrected chi connectivity index (χ2v) is 4.86. The lowest BCUT2D eigenvalue weighted by Gasteiger charge is -2.34. The van der Waals surface area contributed by atoms with Crippen LogP contribution in [0.4, 0.5) is 0 Å². The van der Waals surface area contributed by atoms with Gasteiger partial charge in [-0.1, -0.05) is 0 Å². The summed E-state index contributed by atoms with van der Waals surface area (Å²) in [6.07, 6.45) is 4.90. The molecule has 15 heavy (non-hydrogen) atoms. The van der Waals surface area contributed by atoms with E-state index in [4.69, 9.17) is 9.84 Å². The van der Waals surface area contributed by atoms with Gasteiger partial charge < -0.3 is 15.2 Å². The van der Waals surface area contributed by atoms with E-state index >= 15 is 0 Å². The van der Waals surface area contributed by atoms with Gasteiger partial charge in [-0.2, -0.15) is 0 Å². The van der Waals surface area contributed by atoms with Crippen molar-refractivity contribution in [2.45, 2.75) is 70.7 Å². The number of rotatable bonds is 5. The van der Waals surface area contributed by atoms with Crippen LogP contribution in [0.15, 0.2) is 0 Å². The maximum absolute atomic E-state index is 8.76. The van der Waals surface area contributed by atoms with Crippen molar-refractivity contribution < 1.29 is 9.84 Å². The second-order valence-electron chi connectivity index (χ2n) is 4.86. The summed E-state index contributed by atoms with van der Waals surface area (Å²) in [6, 6.07) is 1.08. The lowest BCUT2D eigenvalue weighted by Crippen LogP contribution is -2.44. The lowest BCUT2D eigenvalue weighted by molar-refractivity contribution is -0.0434. The largest absolute Gasteiger partial charge is 0.396 e. The van der Waals surface area contributed by atoms with Crippen molar-refractivity contribution in [3.8, 4) is 0 Å². The van der Waals surface area contributed by atoms with Gasteiger partial charge in [0.25, 0.3) is 0 Å². The highest BCUT2D eigenvalue weighted by atomic mass is 16.5. The fraction of sp³-hybridized carbons (Fsp3) is 1.00. The van der Waals surface area contributed by atoms with Crippen LogP contribution < -0.4 is 5.32 Å². The van der Waals surface area contributed by atoms with Gasteiger partial charge in [-0.25, -0.2) is 0 Å². The van der Waals surface area contributed by atoms with Crippen molar-refractivity contribution >= 4 is 0 Å². The van der Waals surface area contributed by atoms with E-state index in [0.29, 0.717) is 30.9 Å². The third-order valence-corrected chi connectivity index (χ3v) is 3.01. The van der Waals surface area contributed by atoms with Crippen LogP contribution in [-0.2, 0) is 4.74 Å². The zero-order valence-electron chi connectivity index (χ0n) is 10.2. The molecule has 0 bridgehead atoms. The number of ether oxygens (including phenoxy) is 1. The molecule has 0 spiro atoms. The molecular weight excluding hydrogens is 190 g/mol. The first kappa shape index (κ1) is 12.9. The van der Waals surface area contributed by atoms with Crippen LogP contribution >= 0.6 is 0 Å². The minimum Gasteiger partial charge on any atom is -0.396 e. The molecule has 0 amide bonds. The summed E-state index contributed by atoms with van der Waals surface area (Å²) in [5.41, 5.74) is 0. The van der Waals surface area contributed by atoms with Crippen LogP contribution in [0.25, 0.3) is 0 Å². The van der Waals surface area contributed by atoms with Gasteiger partial charge in [0.2, 0.25) is 0 Å². The maximum Gasteiger partial charge on any atom is 0.0565 e. The first-order valence-electron chi connectivity index (χ1n) is 6.14. The normalized spacial score (nSPS) is 34.0. The Bertz CT molecular complexity index is 165. The highest BCUT2D eigenvalue weighted by Gasteiger charge is 2.24. The Labute approximate surface area is 93.2 Å². The first-order chi connectivity index (χ1) is 7.11. The standard InChI is InChI=1S/C12H25NO2/c1-9(5-4-6-14)13-12-7-10(2)15-11(3)8-12/h9-14H,4-8H2,1-3H3/t9-,10+,11+/m1/s1. The average molecular weight is 215 g/mol. The molecule has 1 heterocycles. The quantitative estimate of drug-likeness (QED) is 0.733. The van der Waals surface area contributed by atoms with Gasteiger partial charge in [0, 0.05) is 18.7 Å². The molecule has 1 aliphatic rings. The molecule has 1 saturated heterocycles. The van der Waals surface area contributed by atoms with Gasteiger partial charge in [0.1, 0.15) is 0 Å². The van der Waals surface area contributed by atoms with E-state index in [-0.39, 0.29) is 0 Å². The molecule has 3 heteroatoms. The van der Waals surface area contributed by atoms with E-state index in [1.54, 1.807) is 0 Å². The third-order valence-electron chi connectivity index (χ3n) is 3.01. The van der Waals surface area contributed by atoms with E-state index in [0.717, 1.165) is 25.7 Å². The SMILES string of the molecule is C[C@H](CCCO)NC1C[C@H](C)O[C@@H](C)C1. The van der Waals surface area contributed by atoms with Crippen molar-refractivity contribution in [3.63, 3.8) is 0 Å². The van der Waals surface area contributed by atoms with E-state index in [9.17, 15) is 0 Å². The van der Waals surface area contributed by atoms with E-state index in [2.05, 4.69) is 26.1 Å². The number of hydrogen-bond donors (Lipinski definition) is 2. The summed E-state index contributed by atoms with van der Waals surface area (Å²) in [4.78, 5) is 0. The van der Waals surface area contributed by atoms with Gasteiger partial charge in [-0.05, 0) is 46.5 Å². The molecule has 0 radical (unpaired) electrons. The Hall–Kier alpha value is -0.120. The van der Waals surface area contributed by atoms with Crippen molar-refractivity contribution in [1.82, 2.24) is 5.32 Å². The Morgan fingerprint density at radius 2 is 1.93 bits per heavy atom. The Morgan fingerprint density at radius 3 is 2.47 bits per heavy atom. The van der Waals surface area contributed by atoms with Gasteiger partial charge in [-0.3, -0.25) is 0 Å². The maximum atomic E-state index is 8.76. The van der Waals surface area contributed by atoms with Crippen molar-refractivity contribution in [1.29, 1.82) is 0 Å². The molecule has 0 aromatic rings. The highest BCUT2D eigenvalue weighted by Crippen LogP contribution is 2.19. The molecule has 0 aromatic heterocycles. The predicted molar refractivity (Wildman–Crippen MR) is 61.9 cm³/mol. The Morgan fingerprint density at radius 1 is 1.33 bits per heavy atom. The first-order valence-corrected chi connectivity index (χ1v) is 6.14. The number of aliphatic hydroxyl groups excluding tert-OH is 1. The summed E-state index contributed by atoms with van der Waals surface area (Å²) in [5.74, 6) is 0. The van der Waals surface area contributed by atoms with Crippen molar-refractivity contribution in [2.75, 3.05) is 6.61 Å². The molecule has 1 rings (SSSR count). The topological polar surface area (TPSA) is 41.5 Å². The van der Waals surface area contributed by atoms with Gasteiger partial charge in [0.05, 0.1) is 12.2 Å². The Balaban J connectivity index is 2.24. The molecule has 1 aliphatic heterocycles. The number of hydrogen-bond acceptors (Lipinski definition) is 3. The molecule has 0 aromatic carbocycles.